The first-order valence-electron chi connectivity index (χ1n) is 10.0. The standard InChI is InChI=1S/C26H22N2O3/c1-18-25(26(30)28(27-18)23-12-10-22(11-13-23)19(2)29)16-20-8-14-24(15-9-20)31-17-21-6-4-3-5-7-21/h3-16H,17H2,1-2H3/b25-16+. The van der Waals surface area contributed by atoms with E-state index in [0.717, 1.165) is 16.9 Å². The Labute approximate surface area is 181 Å². The molecule has 154 valence electrons. The lowest BCUT2D eigenvalue weighted by Gasteiger charge is -2.12. The van der Waals surface area contributed by atoms with Gasteiger partial charge in [-0.3, -0.25) is 9.59 Å². The zero-order valence-electron chi connectivity index (χ0n) is 17.4. The second-order valence-electron chi connectivity index (χ2n) is 7.31. The molecule has 1 heterocycles. The third-order valence-electron chi connectivity index (χ3n) is 5.02. The SMILES string of the molecule is CC(=O)c1ccc(N2N=C(C)/C(=C\c3ccc(OCc4ccccc4)cc3)C2=O)cc1. The van der Waals surface area contributed by atoms with Crippen LogP contribution in [0.1, 0.15) is 35.3 Å². The van der Waals surface area contributed by atoms with Gasteiger partial charge in [0.25, 0.3) is 5.91 Å². The number of hydrogen-bond donors (Lipinski definition) is 0. The molecule has 5 nitrogen and oxygen atoms in total. The fraction of sp³-hybridized carbons (Fsp3) is 0.115. The molecule has 0 radical (unpaired) electrons. The molecule has 3 aromatic rings. The van der Waals surface area contributed by atoms with Gasteiger partial charge in [-0.05, 0) is 67.4 Å². The molecule has 3 aromatic carbocycles. The van der Waals surface area contributed by atoms with Crippen molar-refractivity contribution >= 4 is 29.2 Å². The van der Waals surface area contributed by atoms with Crippen molar-refractivity contribution in [1.82, 2.24) is 0 Å². The van der Waals surface area contributed by atoms with E-state index >= 15 is 0 Å². The molecular weight excluding hydrogens is 388 g/mol. The van der Waals surface area contributed by atoms with Gasteiger partial charge >= 0.3 is 0 Å². The minimum atomic E-state index is -0.197. The monoisotopic (exact) mass is 410 g/mol. The van der Waals surface area contributed by atoms with Crippen LogP contribution >= 0.6 is 0 Å². The second-order valence-corrected chi connectivity index (χ2v) is 7.31. The Kier molecular flexibility index (Phi) is 5.76. The number of anilines is 1. The number of ether oxygens (including phenoxy) is 1. The Morgan fingerprint density at radius 2 is 1.65 bits per heavy atom. The zero-order valence-corrected chi connectivity index (χ0v) is 17.4. The van der Waals surface area contributed by atoms with E-state index in [2.05, 4.69) is 5.10 Å². The van der Waals surface area contributed by atoms with E-state index in [9.17, 15) is 9.59 Å². The van der Waals surface area contributed by atoms with Crippen LogP contribution in [0, 0.1) is 0 Å². The fourth-order valence-corrected chi connectivity index (χ4v) is 3.26. The maximum absolute atomic E-state index is 12.9. The van der Waals surface area contributed by atoms with E-state index in [4.69, 9.17) is 4.74 Å². The molecule has 0 aromatic heterocycles. The Balaban J connectivity index is 1.46. The largest absolute Gasteiger partial charge is 0.489 e. The first-order valence-corrected chi connectivity index (χ1v) is 10.0. The molecule has 5 heteroatoms. The van der Waals surface area contributed by atoms with Gasteiger partial charge in [-0.1, -0.05) is 42.5 Å². The molecule has 0 spiro atoms. The Morgan fingerprint density at radius 3 is 2.29 bits per heavy atom. The minimum absolute atomic E-state index is 0.0178. The number of ketones is 1. The minimum Gasteiger partial charge on any atom is -0.489 e. The highest BCUT2D eigenvalue weighted by atomic mass is 16.5. The molecule has 0 atom stereocenters. The van der Waals surface area contributed by atoms with Gasteiger partial charge < -0.3 is 4.74 Å². The maximum atomic E-state index is 12.9. The van der Waals surface area contributed by atoms with Gasteiger partial charge in [0.2, 0.25) is 0 Å². The molecule has 0 unspecified atom stereocenters. The summed E-state index contributed by atoms with van der Waals surface area (Å²) in [5.74, 6) is 0.551. The van der Waals surface area contributed by atoms with Gasteiger partial charge in [-0.15, -0.1) is 0 Å². The van der Waals surface area contributed by atoms with Crippen molar-refractivity contribution in [2.45, 2.75) is 20.5 Å². The molecule has 0 saturated carbocycles. The summed E-state index contributed by atoms with van der Waals surface area (Å²) in [4.78, 5) is 24.4. The van der Waals surface area contributed by atoms with E-state index in [-0.39, 0.29) is 11.7 Å². The molecule has 0 aliphatic carbocycles. The van der Waals surface area contributed by atoms with Crippen LogP contribution in [0.15, 0.2) is 89.5 Å². The van der Waals surface area contributed by atoms with Crippen molar-refractivity contribution in [3.63, 3.8) is 0 Å². The van der Waals surface area contributed by atoms with Crippen LogP contribution in [0.4, 0.5) is 5.69 Å². The Hall–Kier alpha value is -3.99. The first kappa shape index (κ1) is 20.3. The summed E-state index contributed by atoms with van der Waals surface area (Å²) in [7, 11) is 0. The van der Waals surface area contributed by atoms with Crippen LogP contribution in [0.3, 0.4) is 0 Å². The second kappa shape index (κ2) is 8.79. The summed E-state index contributed by atoms with van der Waals surface area (Å²) in [6.45, 7) is 3.82. The van der Waals surface area contributed by atoms with Crippen LogP contribution in [0.5, 0.6) is 5.75 Å². The predicted molar refractivity (Wildman–Crippen MR) is 122 cm³/mol. The molecule has 0 fully saturated rings. The number of hydrogen-bond acceptors (Lipinski definition) is 4. The maximum Gasteiger partial charge on any atom is 0.280 e. The normalized spacial score (nSPS) is 14.6. The quantitative estimate of drug-likeness (QED) is 0.411. The molecule has 1 aliphatic rings. The average Bonchev–Trinajstić information content (AvgIpc) is 3.07. The number of Topliss-reactive ketones (excluding diaryl/α,β-unsaturated/α-hetero) is 1. The fourth-order valence-electron chi connectivity index (χ4n) is 3.26. The number of hydrazone groups is 1. The Morgan fingerprint density at radius 1 is 0.968 bits per heavy atom. The lowest BCUT2D eigenvalue weighted by Crippen LogP contribution is -2.21. The Bertz CT molecular complexity index is 1160. The molecule has 0 saturated heterocycles. The summed E-state index contributed by atoms with van der Waals surface area (Å²) in [5.41, 5.74) is 4.40. The highest BCUT2D eigenvalue weighted by molar-refractivity contribution is 6.32. The summed E-state index contributed by atoms with van der Waals surface area (Å²) in [6.07, 6.45) is 1.83. The summed E-state index contributed by atoms with van der Waals surface area (Å²) < 4.78 is 5.82. The molecular formula is C26H22N2O3. The van der Waals surface area contributed by atoms with Gasteiger partial charge in [-0.2, -0.15) is 10.1 Å². The van der Waals surface area contributed by atoms with E-state index in [1.54, 1.807) is 24.3 Å². The number of rotatable bonds is 6. The van der Waals surface area contributed by atoms with Crippen LogP contribution < -0.4 is 9.75 Å². The number of nitrogens with zero attached hydrogens (tertiary/aromatic N) is 2. The van der Waals surface area contributed by atoms with E-state index in [1.807, 2.05) is 67.6 Å². The lowest BCUT2D eigenvalue weighted by atomic mass is 10.1. The molecule has 31 heavy (non-hydrogen) atoms. The van der Waals surface area contributed by atoms with Crippen LogP contribution in [-0.2, 0) is 11.4 Å². The van der Waals surface area contributed by atoms with Gasteiger partial charge in [-0.25, -0.2) is 0 Å². The molecule has 1 amide bonds. The highest BCUT2D eigenvalue weighted by Crippen LogP contribution is 2.26. The third-order valence-corrected chi connectivity index (χ3v) is 5.02. The predicted octanol–water partition coefficient (Wildman–Crippen LogP) is 5.27. The van der Waals surface area contributed by atoms with Crippen molar-refractivity contribution < 1.29 is 14.3 Å². The van der Waals surface area contributed by atoms with Crippen molar-refractivity contribution in [1.29, 1.82) is 0 Å². The van der Waals surface area contributed by atoms with Crippen LogP contribution in [-0.4, -0.2) is 17.4 Å². The molecule has 0 N–H and O–H groups in total. The van der Waals surface area contributed by atoms with Crippen molar-refractivity contribution in [3.8, 4) is 5.75 Å². The van der Waals surface area contributed by atoms with Crippen LogP contribution in [0.25, 0.3) is 6.08 Å². The number of amides is 1. The summed E-state index contributed by atoms with van der Waals surface area (Å²) in [6, 6.07) is 24.4. The van der Waals surface area contributed by atoms with Gasteiger partial charge in [0.05, 0.1) is 17.0 Å². The van der Waals surface area contributed by atoms with Crippen molar-refractivity contribution in [3.05, 3.63) is 101 Å². The number of carbonyl (C=O) groups is 2. The highest BCUT2D eigenvalue weighted by Gasteiger charge is 2.28. The summed E-state index contributed by atoms with van der Waals surface area (Å²) >= 11 is 0. The van der Waals surface area contributed by atoms with Gasteiger partial charge in [0, 0.05) is 5.56 Å². The van der Waals surface area contributed by atoms with Gasteiger partial charge in [0.15, 0.2) is 5.78 Å². The van der Waals surface area contributed by atoms with E-state index in [1.165, 1.54) is 11.9 Å². The smallest absolute Gasteiger partial charge is 0.280 e. The number of carbonyl (C=O) groups excluding carboxylic acids is 2. The third kappa shape index (κ3) is 4.61. The van der Waals surface area contributed by atoms with E-state index in [0.29, 0.717) is 29.1 Å². The van der Waals surface area contributed by atoms with Gasteiger partial charge in [0.1, 0.15) is 12.4 Å². The molecule has 0 bridgehead atoms. The number of benzene rings is 3. The summed E-state index contributed by atoms with van der Waals surface area (Å²) in [5, 5.41) is 5.76. The van der Waals surface area contributed by atoms with E-state index < -0.39 is 0 Å². The van der Waals surface area contributed by atoms with Crippen LogP contribution in [0.2, 0.25) is 0 Å². The molecule has 4 rings (SSSR count). The average molecular weight is 410 g/mol. The lowest BCUT2D eigenvalue weighted by molar-refractivity contribution is -0.114. The van der Waals surface area contributed by atoms with Crippen molar-refractivity contribution in [2.24, 2.45) is 5.10 Å². The topological polar surface area (TPSA) is 59.0 Å². The van der Waals surface area contributed by atoms with Crippen molar-refractivity contribution in [2.75, 3.05) is 5.01 Å². The zero-order chi connectivity index (χ0) is 21.8. The first-order chi connectivity index (χ1) is 15.0. The molecule has 1 aliphatic heterocycles.